The standard InChI is InChI=1S/C15H16O2S/c16-14(11-18-13-9-5-2-6-10-13)15(17)12-7-3-1-4-8-12/h1-10,14-17H,11H2/t14-,15+/m0/s1. The van der Waals surface area contributed by atoms with Gasteiger partial charge in [0.1, 0.15) is 6.10 Å². The lowest BCUT2D eigenvalue weighted by Crippen LogP contribution is -2.20. The van der Waals surface area contributed by atoms with Crippen molar-refractivity contribution in [1.82, 2.24) is 0 Å². The van der Waals surface area contributed by atoms with Crippen molar-refractivity contribution in [2.45, 2.75) is 17.1 Å². The van der Waals surface area contributed by atoms with Gasteiger partial charge in [-0.15, -0.1) is 11.8 Å². The van der Waals surface area contributed by atoms with Crippen molar-refractivity contribution in [3.05, 3.63) is 66.2 Å². The summed E-state index contributed by atoms with van der Waals surface area (Å²) in [6.45, 7) is 0. The molecule has 2 nitrogen and oxygen atoms in total. The van der Waals surface area contributed by atoms with E-state index in [4.69, 9.17) is 0 Å². The van der Waals surface area contributed by atoms with Crippen molar-refractivity contribution in [2.75, 3.05) is 5.75 Å². The summed E-state index contributed by atoms with van der Waals surface area (Å²) < 4.78 is 0. The number of benzene rings is 2. The first-order valence-electron chi connectivity index (χ1n) is 5.86. The predicted molar refractivity (Wildman–Crippen MR) is 74.6 cm³/mol. The van der Waals surface area contributed by atoms with Gasteiger partial charge in [-0.05, 0) is 17.7 Å². The lowest BCUT2D eigenvalue weighted by Gasteiger charge is -2.17. The van der Waals surface area contributed by atoms with Crippen LogP contribution in [0.1, 0.15) is 11.7 Å². The van der Waals surface area contributed by atoms with Crippen molar-refractivity contribution >= 4 is 11.8 Å². The first kappa shape index (κ1) is 13.1. The minimum Gasteiger partial charge on any atom is -0.389 e. The molecular weight excluding hydrogens is 244 g/mol. The molecule has 2 N–H and O–H groups in total. The van der Waals surface area contributed by atoms with E-state index in [2.05, 4.69) is 0 Å². The molecule has 0 aliphatic heterocycles. The fourth-order valence-electron chi connectivity index (χ4n) is 1.66. The number of thioether (sulfide) groups is 1. The number of rotatable bonds is 5. The smallest absolute Gasteiger partial charge is 0.106 e. The fraction of sp³-hybridized carbons (Fsp3) is 0.200. The van der Waals surface area contributed by atoms with Crippen LogP contribution >= 0.6 is 11.8 Å². The first-order valence-corrected chi connectivity index (χ1v) is 6.85. The molecule has 0 aliphatic rings. The van der Waals surface area contributed by atoms with Gasteiger partial charge in [0.05, 0.1) is 6.10 Å². The second kappa shape index (κ2) is 6.59. The van der Waals surface area contributed by atoms with E-state index < -0.39 is 12.2 Å². The number of hydrogen-bond acceptors (Lipinski definition) is 3. The Hall–Kier alpha value is -1.29. The summed E-state index contributed by atoms with van der Waals surface area (Å²) >= 11 is 1.54. The Kier molecular flexibility index (Phi) is 4.81. The van der Waals surface area contributed by atoms with E-state index >= 15 is 0 Å². The van der Waals surface area contributed by atoms with Gasteiger partial charge in [-0.1, -0.05) is 48.5 Å². The molecule has 2 atom stereocenters. The van der Waals surface area contributed by atoms with Crippen LogP contribution in [0.3, 0.4) is 0 Å². The minimum absolute atomic E-state index is 0.472. The van der Waals surface area contributed by atoms with Crippen molar-refractivity contribution < 1.29 is 10.2 Å². The average Bonchev–Trinajstić information content (AvgIpc) is 2.46. The molecule has 2 rings (SSSR count). The Bertz CT molecular complexity index is 458. The zero-order valence-corrected chi connectivity index (χ0v) is 10.8. The highest BCUT2D eigenvalue weighted by Crippen LogP contribution is 2.23. The van der Waals surface area contributed by atoms with Crippen molar-refractivity contribution in [3.63, 3.8) is 0 Å². The van der Waals surface area contributed by atoms with Crippen molar-refractivity contribution in [3.8, 4) is 0 Å². The first-order chi connectivity index (χ1) is 8.77. The average molecular weight is 260 g/mol. The molecule has 0 saturated heterocycles. The highest BCUT2D eigenvalue weighted by molar-refractivity contribution is 7.99. The molecule has 0 aromatic heterocycles. The van der Waals surface area contributed by atoms with Crippen LogP contribution in [0.2, 0.25) is 0 Å². The molecule has 2 aromatic carbocycles. The van der Waals surface area contributed by atoms with E-state index in [1.165, 1.54) is 0 Å². The molecule has 0 spiro atoms. The van der Waals surface area contributed by atoms with Crippen molar-refractivity contribution in [2.24, 2.45) is 0 Å². The maximum absolute atomic E-state index is 10.0. The van der Waals surface area contributed by atoms with Crippen molar-refractivity contribution in [1.29, 1.82) is 0 Å². The molecular formula is C15H16O2S. The maximum atomic E-state index is 10.0. The highest BCUT2D eigenvalue weighted by atomic mass is 32.2. The van der Waals surface area contributed by atoms with E-state index in [1.54, 1.807) is 11.8 Å². The monoisotopic (exact) mass is 260 g/mol. The zero-order valence-electron chi connectivity index (χ0n) is 9.94. The largest absolute Gasteiger partial charge is 0.389 e. The van der Waals surface area contributed by atoms with Gasteiger partial charge >= 0.3 is 0 Å². The van der Waals surface area contributed by atoms with Gasteiger partial charge in [0.25, 0.3) is 0 Å². The molecule has 18 heavy (non-hydrogen) atoms. The Labute approximate surface area is 111 Å². The molecule has 0 bridgehead atoms. The van der Waals surface area contributed by atoms with Crippen LogP contribution in [0, 0.1) is 0 Å². The number of aliphatic hydroxyl groups excluding tert-OH is 2. The highest BCUT2D eigenvalue weighted by Gasteiger charge is 2.17. The van der Waals surface area contributed by atoms with E-state index in [1.807, 2.05) is 60.7 Å². The molecule has 0 aliphatic carbocycles. The van der Waals surface area contributed by atoms with Crippen LogP contribution in [0.15, 0.2) is 65.6 Å². The lowest BCUT2D eigenvalue weighted by atomic mass is 10.1. The lowest BCUT2D eigenvalue weighted by molar-refractivity contribution is 0.0335. The van der Waals surface area contributed by atoms with E-state index in [0.717, 1.165) is 10.5 Å². The summed E-state index contributed by atoms with van der Waals surface area (Å²) in [5.41, 5.74) is 0.749. The third kappa shape index (κ3) is 3.60. The Morgan fingerprint density at radius 3 is 2.00 bits per heavy atom. The number of aliphatic hydroxyl groups is 2. The van der Waals surface area contributed by atoms with Crippen LogP contribution in [0.25, 0.3) is 0 Å². The van der Waals surface area contributed by atoms with Gasteiger partial charge in [-0.25, -0.2) is 0 Å². The van der Waals surface area contributed by atoms with Crippen LogP contribution < -0.4 is 0 Å². The summed E-state index contributed by atoms with van der Waals surface area (Å²) in [6.07, 6.45) is -1.60. The van der Waals surface area contributed by atoms with Gasteiger partial charge < -0.3 is 10.2 Å². The normalized spacial score (nSPS) is 14.1. The zero-order chi connectivity index (χ0) is 12.8. The van der Waals surface area contributed by atoms with E-state index in [9.17, 15) is 10.2 Å². The predicted octanol–water partition coefficient (Wildman–Crippen LogP) is 2.87. The van der Waals surface area contributed by atoms with Gasteiger partial charge in [-0.2, -0.15) is 0 Å². The molecule has 0 saturated carbocycles. The van der Waals surface area contributed by atoms with Gasteiger partial charge in [0.2, 0.25) is 0 Å². The third-order valence-electron chi connectivity index (χ3n) is 2.67. The van der Waals surface area contributed by atoms with Gasteiger partial charge in [-0.3, -0.25) is 0 Å². The topological polar surface area (TPSA) is 40.5 Å². The molecule has 0 amide bonds. The van der Waals surface area contributed by atoms with Crippen LogP contribution in [0.4, 0.5) is 0 Å². The number of hydrogen-bond donors (Lipinski definition) is 2. The van der Waals surface area contributed by atoms with Crippen LogP contribution in [-0.4, -0.2) is 22.1 Å². The third-order valence-corrected chi connectivity index (χ3v) is 3.78. The molecule has 2 aromatic rings. The molecule has 3 heteroatoms. The Morgan fingerprint density at radius 1 is 0.833 bits per heavy atom. The summed E-state index contributed by atoms with van der Waals surface area (Å²) in [7, 11) is 0. The minimum atomic E-state index is -0.831. The summed E-state index contributed by atoms with van der Waals surface area (Å²) in [4.78, 5) is 1.09. The Balaban J connectivity index is 1.90. The maximum Gasteiger partial charge on any atom is 0.106 e. The van der Waals surface area contributed by atoms with E-state index in [-0.39, 0.29) is 0 Å². The molecule has 0 heterocycles. The second-order valence-electron chi connectivity index (χ2n) is 4.05. The summed E-state index contributed by atoms with van der Waals surface area (Å²) in [6, 6.07) is 19.1. The van der Waals surface area contributed by atoms with Crippen LogP contribution in [-0.2, 0) is 0 Å². The van der Waals surface area contributed by atoms with E-state index in [0.29, 0.717) is 5.75 Å². The van der Waals surface area contributed by atoms with Gasteiger partial charge in [0.15, 0.2) is 0 Å². The quantitative estimate of drug-likeness (QED) is 0.812. The Morgan fingerprint density at radius 2 is 1.39 bits per heavy atom. The summed E-state index contributed by atoms with van der Waals surface area (Å²) in [5.74, 6) is 0.472. The molecule has 0 radical (unpaired) electrons. The second-order valence-corrected chi connectivity index (χ2v) is 5.14. The molecule has 0 fully saturated rings. The fourth-order valence-corrected chi connectivity index (χ4v) is 2.56. The SMILES string of the molecule is O[C@H](c1ccccc1)[C@@H](O)CSc1ccccc1. The van der Waals surface area contributed by atoms with Crippen LogP contribution in [0.5, 0.6) is 0 Å². The summed E-state index contributed by atoms with van der Waals surface area (Å²) in [5, 5.41) is 20.0. The van der Waals surface area contributed by atoms with Gasteiger partial charge in [0, 0.05) is 10.6 Å². The molecule has 0 unspecified atom stereocenters. The molecule has 94 valence electrons.